The van der Waals surface area contributed by atoms with Crippen LogP contribution in [0, 0.1) is 23.2 Å². The van der Waals surface area contributed by atoms with Gasteiger partial charge in [-0.05, 0) is 38.5 Å². The average Bonchev–Trinajstić information content (AvgIpc) is 2.88. The van der Waals surface area contributed by atoms with Gasteiger partial charge in [-0.1, -0.05) is 33.6 Å². The molecule has 0 bridgehead atoms. The van der Waals surface area contributed by atoms with E-state index in [9.17, 15) is 24.4 Å². The minimum absolute atomic E-state index is 0.0156. The molecule has 2 rings (SSSR count). The Balaban J connectivity index is 1.98. The lowest BCUT2D eigenvalue weighted by Gasteiger charge is -2.36. The molecule has 1 heterocycles. The Morgan fingerprint density at radius 2 is 2.03 bits per heavy atom. The summed E-state index contributed by atoms with van der Waals surface area (Å²) >= 11 is 0. The Kier molecular flexibility index (Phi) is 6.56. The predicted molar refractivity (Wildman–Crippen MR) is 103 cm³/mol. The van der Waals surface area contributed by atoms with E-state index < -0.39 is 47.5 Å². The lowest BCUT2D eigenvalue weighted by Crippen LogP contribution is -2.54. The van der Waals surface area contributed by atoms with Crippen molar-refractivity contribution in [1.29, 1.82) is 5.26 Å². The number of carbonyl (C=O) groups is 4. The molecule has 160 valence electrons. The molecule has 29 heavy (non-hydrogen) atoms. The number of ether oxygens (including phenoxy) is 1. The summed E-state index contributed by atoms with van der Waals surface area (Å²) in [6, 6.07) is 1.43. The number of urea groups is 1. The van der Waals surface area contributed by atoms with Crippen molar-refractivity contribution in [1.82, 2.24) is 15.5 Å². The van der Waals surface area contributed by atoms with Crippen LogP contribution in [0.15, 0.2) is 0 Å². The van der Waals surface area contributed by atoms with Crippen molar-refractivity contribution in [2.45, 2.75) is 77.5 Å². The van der Waals surface area contributed by atoms with Crippen LogP contribution in [-0.4, -0.2) is 52.4 Å². The Morgan fingerprint density at radius 1 is 1.38 bits per heavy atom. The van der Waals surface area contributed by atoms with Gasteiger partial charge in [-0.3, -0.25) is 19.3 Å². The highest BCUT2D eigenvalue weighted by atomic mass is 16.5. The molecule has 1 aliphatic carbocycles. The monoisotopic (exact) mass is 406 g/mol. The fourth-order valence-electron chi connectivity index (χ4n) is 3.72. The van der Waals surface area contributed by atoms with E-state index in [1.54, 1.807) is 20.8 Å². The van der Waals surface area contributed by atoms with Crippen LogP contribution in [0.4, 0.5) is 4.79 Å². The Morgan fingerprint density at radius 3 is 2.59 bits per heavy atom. The highest BCUT2D eigenvalue weighted by molar-refractivity contribution is 6.09. The van der Waals surface area contributed by atoms with Crippen molar-refractivity contribution in [3.63, 3.8) is 0 Å². The van der Waals surface area contributed by atoms with E-state index in [4.69, 9.17) is 4.74 Å². The van der Waals surface area contributed by atoms with E-state index in [2.05, 4.69) is 10.6 Å². The van der Waals surface area contributed by atoms with Crippen LogP contribution in [0.5, 0.6) is 0 Å². The third kappa shape index (κ3) is 4.36. The Labute approximate surface area is 171 Å². The van der Waals surface area contributed by atoms with Gasteiger partial charge in [-0.15, -0.1) is 0 Å². The van der Waals surface area contributed by atoms with Crippen molar-refractivity contribution >= 4 is 23.8 Å². The molecule has 0 aromatic heterocycles. The first-order valence-corrected chi connectivity index (χ1v) is 10.0. The summed E-state index contributed by atoms with van der Waals surface area (Å²) in [6.45, 7) is 7.91. The average molecular weight is 406 g/mol. The molecule has 1 saturated carbocycles. The topological polar surface area (TPSA) is 129 Å². The first-order chi connectivity index (χ1) is 13.5. The predicted octanol–water partition coefficient (Wildman–Crippen LogP) is 1.47. The molecule has 0 aromatic carbocycles. The zero-order valence-corrected chi connectivity index (χ0v) is 17.7. The molecule has 1 aliphatic heterocycles. The molecular formula is C20H30N4O5. The second-order valence-electron chi connectivity index (χ2n) is 8.53. The van der Waals surface area contributed by atoms with E-state index >= 15 is 0 Å². The van der Waals surface area contributed by atoms with Gasteiger partial charge in [0.05, 0.1) is 6.07 Å². The molecule has 0 unspecified atom stereocenters. The number of carbonyl (C=O) groups excluding carboxylic acids is 4. The molecule has 1 spiro atoms. The molecule has 0 radical (unpaired) electrons. The zero-order chi connectivity index (χ0) is 22.0. The number of amides is 4. The van der Waals surface area contributed by atoms with E-state index in [1.165, 1.54) is 6.92 Å². The van der Waals surface area contributed by atoms with Crippen molar-refractivity contribution in [3.8, 4) is 6.07 Å². The summed E-state index contributed by atoms with van der Waals surface area (Å²) in [5.41, 5.74) is -2.06. The van der Waals surface area contributed by atoms with Crippen LogP contribution in [0.3, 0.4) is 0 Å². The van der Waals surface area contributed by atoms with Gasteiger partial charge in [0, 0.05) is 0 Å². The molecule has 2 aliphatic rings. The second-order valence-corrected chi connectivity index (χ2v) is 8.53. The molecule has 2 N–H and O–H groups in total. The van der Waals surface area contributed by atoms with Gasteiger partial charge >= 0.3 is 12.0 Å². The maximum atomic E-state index is 12.9. The second kappa shape index (κ2) is 8.39. The Bertz CT molecular complexity index is 746. The first kappa shape index (κ1) is 22.7. The number of nitrogens with one attached hydrogen (secondary N) is 2. The van der Waals surface area contributed by atoms with Crippen LogP contribution < -0.4 is 10.6 Å². The maximum Gasteiger partial charge on any atom is 0.327 e. The van der Waals surface area contributed by atoms with Gasteiger partial charge in [0.1, 0.15) is 17.6 Å². The van der Waals surface area contributed by atoms with Crippen LogP contribution in [0.2, 0.25) is 0 Å². The number of hydrogen-bond acceptors (Lipinski definition) is 6. The van der Waals surface area contributed by atoms with Crippen LogP contribution in [0.1, 0.15) is 60.3 Å². The molecule has 9 heteroatoms. The maximum absolute atomic E-state index is 12.9. The van der Waals surface area contributed by atoms with Crippen molar-refractivity contribution in [2.75, 3.05) is 6.54 Å². The molecule has 2 fully saturated rings. The normalized spacial score (nSPS) is 27.2. The summed E-state index contributed by atoms with van der Waals surface area (Å²) < 4.78 is 5.11. The molecule has 4 amide bonds. The zero-order valence-electron chi connectivity index (χ0n) is 17.7. The molecule has 4 atom stereocenters. The summed E-state index contributed by atoms with van der Waals surface area (Å²) in [7, 11) is 0. The van der Waals surface area contributed by atoms with Gasteiger partial charge < -0.3 is 15.4 Å². The van der Waals surface area contributed by atoms with Gasteiger partial charge in [0.15, 0.2) is 6.10 Å². The van der Waals surface area contributed by atoms with Crippen LogP contribution >= 0.6 is 0 Å². The van der Waals surface area contributed by atoms with E-state index in [0.717, 1.165) is 24.2 Å². The van der Waals surface area contributed by atoms with E-state index in [-0.39, 0.29) is 11.8 Å². The first-order valence-electron chi connectivity index (χ1n) is 10.0. The van der Waals surface area contributed by atoms with Crippen molar-refractivity contribution in [3.05, 3.63) is 0 Å². The third-order valence-electron chi connectivity index (χ3n) is 6.24. The molecular weight excluding hydrogens is 376 g/mol. The number of imide groups is 1. The lowest BCUT2D eigenvalue weighted by atomic mass is 9.73. The van der Waals surface area contributed by atoms with E-state index in [1.807, 2.05) is 13.0 Å². The number of hydrogen-bond donors (Lipinski definition) is 2. The smallest absolute Gasteiger partial charge is 0.327 e. The van der Waals surface area contributed by atoms with Gasteiger partial charge in [0.2, 0.25) is 0 Å². The standard InChI is InChI=1S/C20H30N4O5/c1-12(2)19(5,11-21)22-16(26)14(4)29-15(25)10-24-17(27)20(23-18(24)28)9-7-6-8-13(20)3/h12-14H,6-10H2,1-5H3,(H,22,26)(H,23,28)/t13-,14+,19+,20+/m1/s1. The largest absolute Gasteiger partial charge is 0.451 e. The van der Waals surface area contributed by atoms with Crippen LogP contribution in [-0.2, 0) is 19.1 Å². The third-order valence-corrected chi connectivity index (χ3v) is 6.24. The number of esters is 1. The summed E-state index contributed by atoms with van der Waals surface area (Å²) in [4.78, 5) is 50.7. The summed E-state index contributed by atoms with van der Waals surface area (Å²) in [5, 5.41) is 14.6. The number of rotatable bonds is 6. The minimum atomic E-state index is -1.17. The van der Waals surface area contributed by atoms with E-state index in [0.29, 0.717) is 6.42 Å². The Hall–Kier alpha value is -2.63. The number of nitrogens with zero attached hydrogens (tertiary/aromatic N) is 2. The van der Waals surface area contributed by atoms with Crippen molar-refractivity contribution in [2.24, 2.45) is 11.8 Å². The highest BCUT2D eigenvalue weighted by Gasteiger charge is 2.55. The van der Waals surface area contributed by atoms with Gasteiger partial charge in [-0.2, -0.15) is 5.26 Å². The molecule has 1 saturated heterocycles. The summed E-state index contributed by atoms with van der Waals surface area (Å²) in [6.07, 6.45) is 2.04. The fraction of sp³-hybridized carbons (Fsp3) is 0.750. The quantitative estimate of drug-likeness (QED) is 0.508. The van der Waals surface area contributed by atoms with Gasteiger partial charge in [-0.25, -0.2) is 4.79 Å². The summed E-state index contributed by atoms with van der Waals surface area (Å²) in [5.74, 6) is -2.07. The van der Waals surface area contributed by atoms with Gasteiger partial charge in [0.25, 0.3) is 11.8 Å². The highest BCUT2D eigenvalue weighted by Crippen LogP contribution is 2.38. The molecule has 0 aromatic rings. The SMILES string of the molecule is CC(C)[C@](C)(C#N)NC(=O)[C@H](C)OC(=O)CN1C(=O)N[C@]2(CCCC[C@H]2C)C1=O. The fourth-order valence-corrected chi connectivity index (χ4v) is 3.72. The number of nitriles is 1. The molecule has 9 nitrogen and oxygen atoms in total. The van der Waals surface area contributed by atoms with Crippen LogP contribution in [0.25, 0.3) is 0 Å². The lowest BCUT2D eigenvalue weighted by molar-refractivity contribution is -0.157. The minimum Gasteiger partial charge on any atom is -0.451 e. The van der Waals surface area contributed by atoms with Crippen molar-refractivity contribution < 1.29 is 23.9 Å².